The van der Waals surface area contributed by atoms with Gasteiger partial charge in [-0.25, -0.2) is 4.79 Å². The maximum atomic E-state index is 12.5. The normalized spacial score (nSPS) is 22.8. The lowest BCUT2D eigenvalue weighted by molar-refractivity contribution is 0.0367. The Bertz CT molecular complexity index is 951. The molecule has 3 saturated heterocycles. The van der Waals surface area contributed by atoms with Crippen molar-refractivity contribution >= 4 is 17.6 Å². The molecule has 8 heteroatoms. The molecular weight excluding hydrogens is 418 g/mol. The fraction of sp³-hybridized carbons (Fsp3) is 0.600. The number of amides is 1. The van der Waals surface area contributed by atoms with Crippen molar-refractivity contribution in [3.8, 4) is 5.75 Å². The third-order valence-corrected chi connectivity index (χ3v) is 7.37. The second kappa shape index (κ2) is 9.25. The summed E-state index contributed by atoms with van der Waals surface area (Å²) < 4.78 is 13.5. The molecule has 178 valence electrons. The number of likely N-dealkylation sites (tertiary alicyclic amines) is 1. The Kier molecular flexibility index (Phi) is 6.19. The number of carbonyl (C=O) groups excluding carboxylic acids is 1. The van der Waals surface area contributed by atoms with E-state index >= 15 is 0 Å². The van der Waals surface area contributed by atoms with E-state index in [1.54, 1.807) is 9.58 Å². The molecule has 1 aromatic heterocycles. The Balaban J connectivity index is 1.09. The molecule has 1 amide bonds. The Labute approximate surface area is 196 Å². The first-order chi connectivity index (χ1) is 16.0. The minimum absolute atomic E-state index is 0.289. The van der Waals surface area contributed by atoms with Gasteiger partial charge >= 0.3 is 6.09 Å². The number of benzene rings is 1. The lowest BCUT2D eigenvalue weighted by Gasteiger charge is -2.38. The van der Waals surface area contributed by atoms with E-state index in [0.29, 0.717) is 12.4 Å². The van der Waals surface area contributed by atoms with Gasteiger partial charge in [-0.2, -0.15) is 5.10 Å². The molecule has 3 aliphatic heterocycles. The number of piperidine rings is 1. The van der Waals surface area contributed by atoms with Crippen LogP contribution < -0.4 is 14.5 Å². The maximum absolute atomic E-state index is 12.5. The van der Waals surface area contributed by atoms with Crippen LogP contribution in [0.2, 0.25) is 0 Å². The van der Waals surface area contributed by atoms with Crippen LogP contribution in [0, 0.1) is 0 Å². The number of aromatic nitrogens is 2. The van der Waals surface area contributed by atoms with Gasteiger partial charge in [0, 0.05) is 63.5 Å². The summed E-state index contributed by atoms with van der Waals surface area (Å²) in [5, 5.41) is 4.36. The van der Waals surface area contributed by atoms with Crippen LogP contribution in [0.5, 0.6) is 5.75 Å². The highest BCUT2D eigenvalue weighted by atomic mass is 16.6. The summed E-state index contributed by atoms with van der Waals surface area (Å²) in [6.07, 6.45) is 6.90. The van der Waals surface area contributed by atoms with Crippen molar-refractivity contribution in [1.82, 2.24) is 14.7 Å². The smallest absolute Gasteiger partial charge is 0.416 e. The highest BCUT2D eigenvalue weighted by Crippen LogP contribution is 2.36. The topological polar surface area (TPSA) is 63.1 Å². The predicted octanol–water partition coefficient (Wildman–Crippen LogP) is 3.67. The molecule has 0 bridgehead atoms. The van der Waals surface area contributed by atoms with Crippen molar-refractivity contribution in [1.29, 1.82) is 0 Å². The zero-order valence-corrected chi connectivity index (χ0v) is 19.8. The molecule has 1 aromatic carbocycles. The van der Waals surface area contributed by atoms with Gasteiger partial charge in [0.1, 0.15) is 11.4 Å². The number of hydrogen-bond donors (Lipinski definition) is 0. The van der Waals surface area contributed by atoms with Crippen LogP contribution in [0.15, 0.2) is 36.5 Å². The molecule has 2 aromatic rings. The third kappa shape index (κ3) is 4.81. The minimum atomic E-state index is -0.416. The molecule has 1 atom stereocenters. The highest BCUT2D eigenvalue weighted by Gasteiger charge is 2.48. The first-order valence-electron chi connectivity index (χ1n) is 12.2. The first-order valence-corrected chi connectivity index (χ1v) is 12.2. The summed E-state index contributed by atoms with van der Waals surface area (Å²) in [6, 6.07) is 11.0. The molecule has 5 rings (SSSR count). The van der Waals surface area contributed by atoms with Crippen molar-refractivity contribution in [3.05, 3.63) is 36.5 Å². The summed E-state index contributed by atoms with van der Waals surface area (Å²) in [5.74, 6) is 1.59. The first kappa shape index (κ1) is 22.1. The van der Waals surface area contributed by atoms with Crippen molar-refractivity contribution < 1.29 is 14.3 Å². The maximum Gasteiger partial charge on any atom is 0.416 e. The molecule has 0 unspecified atom stereocenters. The quantitative estimate of drug-likeness (QED) is 0.596. The number of aryl methyl sites for hydroxylation is 1. The van der Waals surface area contributed by atoms with Gasteiger partial charge in [0.25, 0.3) is 0 Å². The molecule has 1 spiro atoms. The standard InChI is InChI=1S/C25H35N5O3/c1-20-5-3-13-28(20)14-4-18-32-22-8-6-21(7-9-22)29-16-11-25(12-17-29)19-30(24(31)33-25)23-10-15-27(2)26-23/h6-10,15,20H,3-5,11-14,16-19H2,1-2H3/t20-/m1/s1. The van der Waals surface area contributed by atoms with Crippen LogP contribution in [0.1, 0.15) is 39.0 Å². The zero-order chi connectivity index (χ0) is 22.8. The number of carbonyl (C=O) groups is 1. The van der Waals surface area contributed by atoms with E-state index in [1.807, 2.05) is 19.3 Å². The summed E-state index contributed by atoms with van der Waals surface area (Å²) in [7, 11) is 1.85. The van der Waals surface area contributed by atoms with Gasteiger partial charge in [-0.1, -0.05) is 0 Å². The SMILES string of the molecule is C[C@@H]1CCCN1CCCOc1ccc(N2CCC3(CC2)CN(c2ccn(C)n2)C(=O)O3)cc1. The van der Waals surface area contributed by atoms with Crippen LogP contribution in [0.4, 0.5) is 16.3 Å². The molecular formula is C25H35N5O3. The summed E-state index contributed by atoms with van der Waals surface area (Å²) in [4.78, 5) is 19.1. The average molecular weight is 454 g/mol. The number of nitrogens with zero attached hydrogens (tertiary/aromatic N) is 5. The monoisotopic (exact) mass is 453 g/mol. The summed E-state index contributed by atoms with van der Waals surface area (Å²) in [6.45, 7) is 7.72. The van der Waals surface area contributed by atoms with Crippen LogP contribution in [-0.2, 0) is 11.8 Å². The highest BCUT2D eigenvalue weighted by molar-refractivity contribution is 5.89. The van der Waals surface area contributed by atoms with Crippen LogP contribution in [0.3, 0.4) is 0 Å². The van der Waals surface area contributed by atoms with E-state index in [9.17, 15) is 4.79 Å². The van der Waals surface area contributed by atoms with E-state index in [4.69, 9.17) is 9.47 Å². The van der Waals surface area contributed by atoms with E-state index < -0.39 is 5.60 Å². The minimum Gasteiger partial charge on any atom is -0.494 e. The van der Waals surface area contributed by atoms with Gasteiger partial charge in [-0.05, 0) is 57.0 Å². The zero-order valence-electron chi connectivity index (χ0n) is 19.8. The fourth-order valence-corrected chi connectivity index (χ4v) is 5.31. The van der Waals surface area contributed by atoms with Gasteiger partial charge in [-0.15, -0.1) is 0 Å². The Morgan fingerprint density at radius 3 is 2.61 bits per heavy atom. The summed E-state index contributed by atoms with van der Waals surface area (Å²) >= 11 is 0. The summed E-state index contributed by atoms with van der Waals surface area (Å²) in [5.41, 5.74) is 0.773. The molecule has 4 heterocycles. The fourth-order valence-electron chi connectivity index (χ4n) is 5.31. The molecule has 0 aliphatic carbocycles. The van der Waals surface area contributed by atoms with Gasteiger partial charge in [-0.3, -0.25) is 9.58 Å². The lowest BCUT2D eigenvalue weighted by atomic mass is 9.91. The van der Waals surface area contributed by atoms with Gasteiger partial charge in [0.2, 0.25) is 0 Å². The van der Waals surface area contributed by atoms with Crippen molar-refractivity contribution in [2.75, 3.05) is 49.1 Å². The lowest BCUT2D eigenvalue weighted by Crippen LogP contribution is -2.47. The van der Waals surface area contributed by atoms with E-state index in [-0.39, 0.29) is 6.09 Å². The Hall–Kier alpha value is -2.74. The predicted molar refractivity (Wildman–Crippen MR) is 128 cm³/mol. The van der Waals surface area contributed by atoms with E-state index in [2.05, 4.69) is 46.1 Å². The molecule has 8 nitrogen and oxygen atoms in total. The van der Waals surface area contributed by atoms with Crippen molar-refractivity contribution in [3.63, 3.8) is 0 Å². The van der Waals surface area contributed by atoms with Crippen LogP contribution in [0.25, 0.3) is 0 Å². The molecule has 0 N–H and O–H groups in total. The third-order valence-electron chi connectivity index (χ3n) is 7.37. The van der Waals surface area contributed by atoms with E-state index in [0.717, 1.165) is 57.3 Å². The number of hydrogen-bond acceptors (Lipinski definition) is 6. The van der Waals surface area contributed by atoms with Crippen LogP contribution in [-0.4, -0.2) is 71.7 Å². The number of rotatable bonds is 7. The average Bonchev–Trinajstić information content (AvgIpc) is 3.51. The van der Waals surface area contributed by atoms with Gasteiger partial charge in [0.05, 0.1) is 13.2 Å². The molecule has 33 heavy (non-hydrogen) atoms. The van der Waals surface area contributed by atoms with Crippen molar-refractivity contribution in [2.45, 2.75) is 50.7 Å². The van der Waals surface area contributed by atoms with Gasteiger partial charge in [0.15, 0.2) is 5.82 Å². The second-order valence-corrected chi connectivity index (χ2v) is 9.69. The van der Waals surface area contributed by atoms with Gasteiger partial charge < -0.3 is 19.3 Å². The number of anilines is 2. The number of ether oxygens (including phenoxy) is 2. The molecule has 0 saturated carbocycles. The molecule has 3 fully saturated rings. The Morgan fingerprint density at radius 2 is 1.94 bits per heavy atom. The molecule has 0 radical (unpaired) electrons. The largest absolute Gasteiger partial charge is 0.494 e. The van der Waals surface area contributed by atoms with Crippen molar-refractivity contribution in [2.24, 2.45) is 7.05 Å². The Morgan fingerprint density at radius 1 is 1.15 bits per heavy atom. The van der Waals surface area contributed by atoms with E-state index in [1.165, 1.54) is 25.1 Å². The van der Waals surface area contributed by atoms with Crippen LogP contribution >= 0.6 is 0 Å². The second-order valence-electron chi connectivity index (χ2n) is 9.69. The molecule has 3 aliphatic rings.